The zero-order valence-electron chi connectivity index (χ0n) is 17.9. The first-order chi connectivity index (χ1) is 15.6. The Balaban J connectivity index is 1.60. The van der Waals surface area contributed by atoms with Crippen LogP contribution < -0.4 is 10.1 Å². The number of hydrogen-bond acceptors (Lipinski definition) is 8. The van der Waals surface area contributed by atoms with Crippen LogP contribution in [0.3, 0.4) is 0 Å². The fraction of sp³-hybridized carbons (Fsp3) is 0.292. The topological polar surface area (TPSA) is 84.2 Å². The van der Waals surface area contributed by atoms with Gasteiger partial charge in [0.25, 0.3) is 0 Å². The Morgan fingerprint density at radius 1 is 1.28 bits per heavy atom. The van der Waals surface area contributed by atoms with E-state index in [4.69, 9.17) is 9.47 Å². The van der Waals surface area contributed by atoms with Crippen molar-refractivity contribution in [3.8, 4) is 23.1 Å². The van der Waals surface area contributed by atoms with Crippen LogP contribution in [0.15, 0.2) is 35.8 Å². The van der Waals surface area contributed by atoms with Gasteiger partial charge in [-0.3, -0.25) is 0 Å². The van der Waals surface area contributed by atoms with Crippen molar-refractivity contribution in [1.29, 1.82) is 5.26 Å². The summed E-state index contributed by atoms with van der Waals surface area (Å²) in [6.07, 6.45) is 5.69. The van der Waals surface area contributed by atoms with E-state index >= 15 is 0 Å². The van der Waals surface area contributed by atoms with Crippen molar-refractivity contribution in [3.05, 3.63) is 56.9 Å². The van der Waals surface area contributed by atoms with E-state index in [9.17, 15) is 10.1 Å². The molecule has 1 aromatic carbocycles. The average molecular weight is 466 g/mol. The Morgan fingerprint density at radius 2 is 2.06 bits per heavy atom. The highest BCUT2D eigenvalue weighted by Gasteiger charge is 2.26. The van der Waals surface area contributed by atoms with E-state index in [1.54, 1.807) is 31.6 Å². The standard InChI is InChI=1S/C24H23N3O3S2/c1-3-30-24(28)21-18-6-4-5-7-20(18)32-23(21)26-13-16(12-25)22-27-19(14-31-22)15-8-10-17(29-2)11-9-15/h8-11,13-14,26H,3-7H2,1-2H3. The number of allylic oxidation sites excluding steroid dienone is 1. The number of aryl methyl sites for hydroxylation is 1. The first-order valence-electron chi connectivity index (χ1n) is 10.4. The summed E-state index contributed by atoms with van der Waals surface area (Å²) in [5, 5.41) is 16.2. The molecule has 0 saturated carbocycles. The molecule has 1 N–H and O–H groups in total. The number of nitrogens with zero attached hydrogens (tertiary/aromatic N) is 2. The number of hydrogen-bond donors (Lipinski definition) is 1. The molecule has 32 heavy (non-hydrogen) atoms. The zero-order valence-corrected chi connectivity index (χ0v) is 19.6. The van der Waals surface area contributed by atoms with E-state index in [0.717, 1.165) is 53.3 Å². The van der Waals surface area contributed by atoms with Crippen molar-refractivity contribution in [1.82, 2.24) is 4.98 Å². The fourth-order valence-corrected chi connectivity index (χ4v) is 5.70. The molecule has 0 aliphatic heterocycles. The molecule has 4 rings (SSSR count). The Kier molecular flexibility index (Phi) is 6.88. The van der Waals surface area contributed by atoms with Gasteiger partial charge in [0.15, 0.2) is 0 Å². The molecule has 0 amide bonds. The van der Waals surface area contributed by atoms with Gasteiger partial charge in [0.2, 0.25) is 0 Å². The number of methoxy groups -OCH3 is 1. The van der Waals surface area contributed by atoms with Crippen LogP contribution in [0.5, 0.6) is 5.75 Å². The van der Waals surface area contributed by atoms with Crippen molar-refractivity contribution in [3.63, 3.8) is 0 Å². The Hall–Kier alpha value is -3.15. The molecule has 2 aromatic heterocycles. The van der Waals surface area contributed by atoms with Crippen molar-refractivity contribution in [2.24, 2.45) is 0 Å². The van der Waals surface area contributed by atoms with Crippen LogP contribution in [0.25, 0.3) is 16.8 Å². The van der Waals surface area contributed by atoms with Gasteiger partial charge in [0.05, 0.1) is 25.0 Å². The highest BCUT2D eigenvalue weighted by molar-refractivity contribution is 7.16. The minimum atomic E-state index is -0.308. The average Bonchev–Trinajstić information content (AvgIpc) is 3.45. The molecule has 0 spiro atoms. The van der Waals surface area contributed by atoms with E-state index in [-0.39, 0.29) is 5.97 Å². The molecule has 0 atom stereocenters. The normalized spacial score (nSPS) is 13.2. The number of thiazole rings is 1. The second-order valence-electron chi connectivity index (χ2n) is 7.22. The summed E-state index contributed by atoms with van der Waals surface area (Å²) in [4.78, 5) is 18.5. The molecule has 6 nitrogen and oxygen atoms in total. The summed E-state index contributed by atoms with van der Waals surface area (Å²) >= 11 is 2.98. The first-order valence-corrected chi connectivity index (χ1v) is 12.1. The highest BCUT2D eigenvalue weighted by atomic mass is 32.1. The summed E-state index contributed by atoms with van der Waals surface area (Å²) in [6.45, 7) is 2.13. The molecule has 0 radical (unpaired) electrons. The van der Waals surface area contributed by atoms with Gasteiger partial charge in [-0.15, -0.1) is 22.7 Å². The molecular formula is C24H23N3O3S2. The maximum atomic E-state index is 12.6. The molecule has 0 saturated heterocycles. The van der Waals surface area contributed by atoms with Gasteiger partial charge in [-0.05, 0) is 62.4 Å². The maximum absolute atomic E-state index is 12.6. The van der Waals surface area contributed by atoms with Crippen LogP contribution in [-0.4, -0.2) is 24.7 Å². The minimum absolute atomic E-state index is 0.308. The molecule has 0 unspecified atom stereocenters. The van der Waals surface area contributed by atoms with Crippen LogP contribution >= 0.6 is 22.7 Å². The van der Waals surface area contributed by atoms with Crippen molar-refractivity contribution >= 4 is 39.2 Å². The van der Waals surface area contributed by atoms with Gasteiger partial charge in [-0.25, -0.2) is 9.78 Å². The van der Waals surface area contributed by atoms with E-state index in [1.807, 2.05) is 29.6 Å². The second-order valence-corrected chi connectivity index (χ2v) is 9.18. The van der Waals surface area contributed by atoms with E-state index < -0.39 is 0 Å². The number of ether oxygens (including phenoxy) is 2. The summed E-state index contributed by atoms with van der Waals surface area (Å²) < 4.78 is 10.5. The molecule has 0 fully saturated rings. The molecule has 0 bridgehead atoms. The van der Waals surface area contributed by atoms with Crippen LogP contribution in [0.1, 0.15) is 45.6 Å². The van der Waals surface area contributed by atoms with Gasteiger partial charge >= 0.3 is 5.97 Å². The number of benzene rings is 1. The van der Waals surface area contributed by atoms with Crippen LogP contribution in [0.4, 0.5) is 5.00 Å². The summed E-state index contributed by atoms with van der Waals surface area (Å²) in [5.41, 5.74) is 3.86. The van der Waals surface area contributed by atoms with Gasteiger partial charge in [-0.1, -0.05) is 0 Å². The number of esters is 1. The van der Waals surface area contributed by atoms with E-state index in [0.29, 0.717) is 22.8 Å². The lowest BCUT2D eigenvalue weighted by molar-refractivity contribution is 0.0526. The Morgan fingerprint density at radius 3 is 2.78 bits per heavy atom. The monoisotopic (exact) mass is 465 g/mol. The van der Waals surface area contributed by atoms with Gasteiger partial charge in [0, 0.05) is 22.0 Å². The second kappa shape index (κ2) is 9.98. The molecular weight excluding hydrogens is 442 g/mol. The summed E-state index contributed by atoms with van der Waals surface area (Å²) in [7, 11) is 1.63. The molecule has 8 heteroatoms. The summed E-state index contributed by atoms with van der Waals surface area (Å²) in [5.74, 6) is 0.472. The molecule has 1 aliphatic carbocycles. The lowest BCUT2D eigenvalue weighted by atomic mass is 9.95. The number of rotatable bonds is 7. The number of fused-ring (bicyclic) bond motifs is 1. The molecule has 1 aliphatic rings. The number of carbonyl (C=O) groups excluding carboxylic acids is 1. The molecule has 164 valence electrons. The fourth-order valence-electron chi connectivity index (χ4n) is 3.66. The van der Waals surface area contributed by atoms with Crippen LogP contribution in [0.2, 0.25) is 0 Å². The Labute approximate surface area is 195 Å². The smallest absolute Gasteiger partial charge is 0.341 e. The van der Waals surface area contributed by atoms with E-state index in [1.165, 1.54) is 16.2 Å². The van der Waals surface area contributed by atoms with Crippen molar-refractivity contribution in [2.75, 3.05) is 19.0 Å². The largest absolute Gasteiger partial charge is 0.497 e. The Bertz CT molecular complexity index is 1190. The van der Waals surface area contributed by atoms with Crippen molar-refractivity contribution < 1.29 is 14.3 Å². The van der Waals surface area contributed by atoms with Gasteiger partial charge in [0.1, 0.15) is 27.4 Å². The van der Waals surface area contributed by atoms with Gasteiger partial charge < -0.3 is 14.8 Å². The number of nitriles is 1. The van der Waals surface area contributed by atoms with Crippen LogP contribution in [0, 0.1) is 11.3 Å². The van der Waals surface area contributed by atoms with Crippen molar-refractivity contribution in [2.45, 2.75) is 32.6 Å². The number of thiophene rings is 1. The highest BCUT2D eigenvalue weighted by Crippen LogP contribution is 2.39. The van der Waals surface area contributed by atoms with E-state index in [2.05, 4.69) is 16.4 Å². The lowest BCUT2D eigenvalue weighted by Gasteiger charge is -2.12. The van der Waals surface area contributed by atoms with Gasteiger partial charge in [-0.2, -0.15) is 5.26 Å². The lowest BCUT2D eigenvalue weighted by Crippen LogP contribution is -2.10. The third kappa shape index (κ3) is 4.54. The quantitative estimate of drug-likeness (QED) is 0.345. The SMILES string of the molecule is CCOC(=O)c1c(NC=C(C#N)c2nc(-c3ccc(OC)cc3)cs2)sc2c1CCCC2. The van der Waals surface area contributed by atoms with Crippen LogP contribution in [-0.2, 0) is 17.6 Å². The third-order valence-electron chi connectivity index (χ3n) is 5.24. The summed E-state index contributed by atoms with van der Waals surface area (Å²) in [6, 6.07) is 9.86. The number of nitrogens with one attached hydrogen (secondary N) is 1. The third-order valence-corrected chi connectivity index (χ3v) is 7.34. The maximum Gasteiger partial charge on any atom is 0.341 e. The zero-order chi connectivity index (χ0) is 22.5. The number of aromatic nitrogens is 1. The number of carbonyl (C=O) groups is 1. The molecule has 2 heterocycles. The number of anilines is 1. The predicted octanol–water partition coefficient (Wildman–Crippen LogP) is 5.91. The predicted molar refractivity (Wildman–Crippen MR) is 128 cm³/mol. The first kappa shape index (κ1) is 22.1. The minimum Gasteiger partial charge on any atom is -0.497 e. The molecule has 3 aromatic rings.